The molecule has 1 aromatic rings. The first-order valence-corrected chi connectivity index (χ1v) is 7.81. The van der Waals surface area contributed by atoms with Crippen LogP contribution >= 0.6 is 0 Å². The minimum absolute atomic E-state index is 0.0359. The van der Waals surface area contributed by atoms with Gasteiger partial charge in [-0.25, -0.2) is 0 Å². The van der Waals surface area contributed by atoms with E-state index in [1.54, 1.807) is 0 Å². The Labute approximate surface area is 120 Å². The van der Waals surface area contributed by atoms with E-state index in [0.717, 1.165) is 32.4 Å². The maximum Gasteiger partial charge on any atom is 0.227 e. The summed E-state index contributed by atoms with van der Waals surface area (Å²) in [6.45, 7) is 5.99. The van der Waals surface area contributed by atoms with E-state index in [9.17, 15) is 4.79 Å². The lowest BCUT2D eigenvalue weighted by molar-refractivity contribution is -0.140. The summed E-state index contributed by atoms with van der Waals surface area (Å²) < 4.78 is 2.33. The molecule has 1 aliphatic heterocycles. The number of fused-ring (bicyclic) bond motifs is 1. The number of amides is 1. The molecular formula is C16H25N3O. The molecule has 1 fully saturated rings. The lowest BCUT2D eigenvalue weighted by atomic mass is 9.83. The normalized spacial score (nSPS) is 30.1. The summed E-state index contributed by atoms with van der Waals surface area (Å²) in [4.78, 5) is 14.9. The summed E-state index contributed by atoms with van der Waals surface area (Å²) in [5, 5.41) is 0. The molecular weight excluding hydrogens is 250 g/mol. The van der Waals surface area contributed by atoms with Gasteiger partial charge in [-0.15, -0.1) is 0 Å². The third-order valence-electron chi connectivity index (χ3n) is 5.11. The standard InChI is InChI=1S/C16H25N3O/c1-11-7-8-15-12(2)19(10-9-18(11)15)16(20)13-5-3-4-6-14(13)17/h7-8,12-14H,3-6,9-10,17H2,1-2H3. The Morgan fingerprint density at radius 3 is 2.75 bits per heavy atom. The number of carbonyl (C=O) groups excluding carboxylic acids is 1. The Balaban J connectivity index is 1.79. The zero-order chi connectivity index (χ0) is 14.3. The van der Waals surface area contributed by atoms with E-state index >= 15 is 0 Å². The number of rotatable bonds is 1. The molecule has 1 aliphatic carbocycles. The minimum atomic E-state index is 0.0359. The largest absolute Gasteiger partial charge is 0.345 e. The van der Waals surface area contributed by atoms with Crippen LogP contribution in [0.15, 0.2) is 12.1 Å². The van der Waals surface area contributed by atoms with Crippen LogP contribution in [0, 0.1) is 12.8 Å². The molecule has 1 saturated carbocycles. The van der Waals surface area contributed by atoms with Crippen molar-refractivity contribution in [2.45, 2.75) is 58.2 Å². The molecule has 4 nitrogen and oxygen atoms in total. The van der Waals surface area contributed by atoms with Crippen LogP contribution in [0.25, 0.3) is 0 Å². The smallest absolute Gasteiger partial charge is 0.227 e. The molecule has 0 saturated heterocycles. The van der Waals surface area contributed by atoms with Crippen molar-refractivity contribution in [1.82, 2.24) is 9.47 Å². The second-order valence-electron chi connectivity index (χ2n) is 6.31. The zero-order valence-corrected chi connectivity index (χ0v) is 12.5. The van der Waals surface area contributed by atoms with E-state index < -0.39 is 0 Å². The average molecular weight is 275 g/mol. The Kier molecular flexibility index (Phi) is 3.59. The fraction of sp³-hybridized carbons (Fsp3) is 0.688. The Bertz CT molecular complexity index is 508. The van der Waals surface area contributed by atoms with Crippen molar-refractivity contribution < 1.29 is 4.79 Å². The van der Waals surface area contributed by atoms with E-state index in [0.29, 0.717) is 0 Å². The molecule has 3 rings (SSSR count). The maximum atomic E-state index is 12.8. The van der Waals surface area contributed by atoms with Crippen molar-refractivity contribution in [3.63, 3.8) is 0 Å². The summed E-state index contributed by atoms with van der Waals surface area (Å²) in [6, 6.07) is 4.52. The monoisotopic (exact) mass is 275 g/mol. The van der Waals surface area contributed by atoms with Crippen molar-refractivity contribution in [2.75, 3.05) is 6.54 Å². The van der Waals surface area contributed by atoms with Gasteiger partial charge in [0.2, 0.25) is 5.91 Å². The summed E-state index contributed by atoms with van der Waals surface area (Å²) in [5.74, 6) is 0.309. The molecule has 2 heterocycles. The molecule has 110 valence electrons. The fourth-order valence-corrected chi connectivity index (χ4v) is 3.80. The van der Waals surface area contributed by atoms with Gasteiger partial charge in [0.25, 0.3) is 0 Å². The molecule has 2 N–H and O–H groups in total. The lowest BCUT2D eigenvalue weighted by Gasteiger charge is -2.39. The summed E-state index contributed by atoms with van der Waals surface area (Å²) >= 11 is 0. The number of hydrogen-bond donors (Lipinski definition) is 1. The maximum absolute atomic E-state index is 12.8. The van der Waals surface area contributed by atoms with Crippen LogP contribution in [0.4, 0.5) is 0 Å². The van der Waals surface area contributed by atoms with Gasteiger partial charge in [0.1, 0.15) is 0 Å². The second-order valence-corrected chi connectivity index (χ2v) is 6.31. The van der Waals surface area contributed by atoms with Gasteiger partial charge in [0, 0.05) is 30.5 Å². The minimum Gasteiger partial charge on any atom is -0.345 e. The van der Waals surface area contributed by atoms with Crippen molar-refractivity contribution in [1.29, 1.82) is 0 Å². The van der Waals surface area contributed by atoms with Crippen LogP contribution in [0.2, 0.25) is 0 Å². The number of hydrogen-bond acceptors (Lipinski definition) is 2. The molecule has 0 aromatic carbocycles. The molecule has 20 heavy (non-hydrogen) atoms. The van der Waals surface area contributed by atoms with Gasteiger partial charge < -0.3 is 15.2 Å². The predicted octanol–water partition coefficient (Wildman–Crippen LogP) is 2.22. The van der Waals surface area contributed by atoms with Crippen molar-refractivity contribution in [3.05, 3.63) is 23.5 Å². The second kappa shape index (κ2) is 5.24. The predicted molar refractivity (Wildman–Crippen MR) is 79.2 cm³/mol. The Morgan fingerprint density at radius 2 is 2.00 bits per heavy atom. The van der Waals surface area contributed by atoms with Crippen LogP contribution in [-0.2, 0) is 11.3 Å². The van der Waals surface area contributed by atoms with Gasteiger partial charge in [0.05, 0.1) is 12.0 Å². The van der Waals surface area contributed by atoms with Crippen LogP contribution in [0.5, 0.6) is 0 Å². The number of nitrogens with two attached hydrogens (primary N) is 1. The lowest BCUT2D eigenvalue weighted by Crippen LogP contribution is -2.49. The van der Waals surface area contributed by atoms with E-state index in [4.69, 9.17) is 5.73 Å². The first-order valence-electron chi connectivity index (χ1n) is 7.81. The van der Waals surface area contributed by atoms with Gasteiger partial charge in [-0.3, -0.25) is 4.79 Å². The summed E-state index contributed by atoms with van der Waals surface area (Å²) in [7, 11) is 0. The highest BCUT2D eigenvalue weighted by atomic mass is 16.2. The molecule has 0 spiro atoms. The van der Waals surface area contributed by atoms with Crippen molar-refractivity contribution >= 4 is 5.91 Å². The highest BCUT2D eigenvalue weighted by Gasteiger charge is 2.36. The molecule has 0 radical (unpaired) electrons. The Hall–Kier alpha value is -1.29. The fourth-order valence-electron chi connectivity index (χ4n) is 3.80. The van der Waals surface area contributed by atoms with Crippen LogP contribution in [0.1, 0.15) is 50.0 Å². The number of aromatic nitrogens is 1. The Morgan fingerprint density at radius 1 is 1.25 bits per heavy atom. The van der Waals surface area contributed by atoms with Crippen LogP contribution in [-0.4, -0.2) is 28.0 Å². The quantitative estimate of drug-likeness (QED) is 0.854. The highest BCUT2D eigenvalue weighted by molar-refractivity contribution is 5.80. The molecule has 1 aromatic heterocycles. The van der Waals surface area contributed by atoms with E-state index in [1.807, 2.05) is 4.90 Å². The highest BCUT2D eigenvalue weighted by Crippen LogP contribution is 2.32. The average Bonchev–Trinajstić information content (AvgIpc) is 2.82. The van der Waals surface area contributed by atoms with E-state index in [1.165, 1.54) is 17.8 Å². The summed E-state index contributed by atoms with van der Waals surface area (Å²) in [6.07, 6.45) is 4.27. The number of aryl methyl sites for hydroxylation is 1. The molecule has 0 bridgehead atoms. The van der Waals surface area contributed by atoms with Gasteiger partial charge in [-0.2, -0.15) is 0 Å². The molecule has 3 atom stereocenters. The van der Waals surface area contributed by atoms with Gasteiger partial charge >= 0.3 is 0 Å². The first-order chi connectivity index (χ1) is 9.59. The molecule has 4 heteroatoms. The zero-order valence-electron chi connectivity index (χ0n) is 12.5. The number of nitrogens with zero attached hydrogens (tertiary/aromatic N) is 2. The summed E-state index contributed by atoms with van der Waals surface area (Å²) in [5.41, 5.74) is 8.72. The van der Waals surface area contributed by atoms with E-state index in [-0.39, 0.29) is 23.9 Å². The van der Waals surface area contributed by atoms with Gasteiger partial charge in [-0.05, 0) is 38.8 Å². The van der Waals surface area contributed by atoms with Crippen LogP contribution in [0.3, 0.4) is 0 Å². The van der Waals surface area contributed by atoms with Gasteiger partial charge in [0.15, 0.2) is 0 Å². The van der Waals surface area contributed by atoms with Crippen LogP contribution < -0.4 is 5.73 Å². The van der Waals surface area contributed by atoms with Gasteiger partial charge in [-0.1, -0.05) is 12.8 Å². The topological polar surface area (TPSA) is 51.3 Å². The SMILES string of the molecule is Cc1ccc2n1CCN(C(=O)C1CCCCC1N)C2C. The number of carbonyl (C=O) groups is 1. The van der Waals surface area contributed by atoms with E-state index in [2.05, 4.69) is 30.5 Å². The van der Waals surface area contributed by atoms with Crippen molar-refractivity contribution in [3.8, 4) is 0 Å². The first kappa shape index (κ1) is 13.7. The molecule has 3 unspecified atom stereocenters. The molecule has 1 amide bonds. The third-order valence-corrected chi connectivity index (χ3v) is 5.11. The molecule has 2 aliphatic rings. The van der Waals surface area contributed by atoms with Crippen molar-refractivity contribution in [2.24, 2.45) is 11.7 Å². The third kappa shape index (κ3) is 2.16.